The highest BCUT2D eigenvalue weighted by atomic mass is 32.2. The van der Waals surface area contributed by atoms with Crippen LogP contribution in [0.4, 0.5) is 0 Å². The number of nitrogens with zero attached hydrogens (tertiary/aromatic N) is 4. The summed E-state index contributed by atoms with van der Waals surface area (Å²) in [7, 11) is 3.59. The summed E-state index contributed by atoms with van der Waals surface area (Å²) < 4.78 is 12.5. The summed E-state index contributed by atoms with van der Waals surface area (Å²) in [5.74, 6) is 3.04. The van der Waals surface area contributed by atoms with Crippen molar-refractivity contribution >= 4 is 11.8 Å². The van der Waals surface area contributed by atoms with Crippen LogP contribution in [0.2, 0.25) is 0 Å². The summed E-state index contributed by atoms with van der Waals surface area (Å²) in [5.41, 5.74) is 1.80. The van der Waals surface area contributed by atoms with Crippen molar-refractivity contribution in [2.45, 2.75) is 17.8 Å². The van der Waals surface area contributed by atoms with E-state index in [4.69, 9.17) is 9.26 Å². The number of para-hydroxylation sites is 1. The zero-order valence-electron chi connectivity index (χ0n) is 12.6. The molecule has 0 radical (unpaired) electrons. The van der Waals surface area contributed by atoms with Gasteiger partial charge in [0, 0.05) is 13.1 Å². The van der Waals surface area contributed by atoms with Crippen LogP contribution >= 0.6 is 11.8 Å². The van der Waals surface area contributed by atoms with Crippen molar-refractivity contribution in [1.82, 2.24) is 19.9 Å². The summed E-state index contributed by atoms with van der Waals surface area (Å²) in [6.45, 7) is 1.90. The van der Waals surface area contributed by atoms with Crippen molar-refractivity contribution in [1.29, 1.82) is 0 Å². The Kier molecular flexibility index (Phi) is 4.15. The first kappa shape index (κ1) is 14.6. The van der Waals surface area contributed by atoms with Crippen molar-refractivity contribution in [3.8, 4) is 17.1 Å². The molecule has 0 bridgehead atoms. The van der Waals surface area contributed by atoms with Crippen LogP contribution in [0, 0.1) is 6.92 Å². The van der Waals surface area contributed by atoms with Crippen LogP contribution in [0.3, 0.4) is 0 Å². The first-order chi connectivity index (χ1) is 10.7. The SMILES string of the molecule is COc1ccccc1-c1nnc(SCc2cc(C)no2)n1C. The molecule has 0 aliphatic rings. The summed E-state index contributed by atoms with van der Waals surface area (Å²) in [6.07, 6.45) is 0. The molecule has 7 heteroatoms. The van der Waals surface area contributed by atoms with E-state index >= 15 is 0 Å². The third kappa shape index (κ3) is 2.85. The largest absolute Gasteiger partial charge is 0.496 e. The van der Waals surface area contributed by atoms with E-state index in [0.717, 1.165) is 33.7 Å². The number of rotatable bonds is 5. The minimum Gasteiger partial charge on any atom is -0.496 e. The van der Waals surface area contributed by atoms with Crippen LogP contribution < -0.4 is 4.74 Å². The summed E-state index contributed by atoms with van der Waals surface area (Å²) in [4.78, 5) is 0. The quantitative estimate of drug-likeness (QED) is 0.674. The second-order valence-electron chi connectivity index (χ2n) is 4.79. The average Bonchev–Trinajstić information content (AvgIpc) is 3.11. The standard InChI is InChI=1S/C15H16N4O2S/c1-10-8-11(21-18-10)9-22-15-17-16-14(19(15)2)12-6-4-5-7-13(12)20-3/h4-8H,9H2,1-3H3. The minimum absolute atomic E-state index is 0.665. The van der Waals surface area contributed by atoms with E-state index < -0.39 is 0 Å². The van der Waals surface area contributed by atoms with Crippen LogP contribution in [0.5, 0.6) is 5.75 Å². The maximum absolute atomic E-state index is 5.38. The Bertz CT molecular complexity index is 781. The van der Waals surface area contributed by atoms with Crippen LogP contribution in [0.1, 0.15) is 11.5 Å². The van der Waals surface area contributed by atoms with Crippen LogP contribution in [0.15, 0.2) is 40.0 Å². The summed E-state index contributed by atoms with van der Waals surface area (Å²) >= 11 is 1.56. The molecule has 114 valence electrons. The van der Waals surface area contributed by atoms with Gasteiger partial charge in [0.05, 0.1) is 24.1 Å². The van der Waals surface area contributed by atoms with Gasteiger partial charge in [-0.2, -0.15) is 0 Å². The number of thioether (sulfide) groups is 1. The van der Waals surface area contributed by atoms with Gasteiger partial charge in [-0.1, -0.05) is 29.1 Å². The van der Waals surface area contributed by atoms with E-state index in [9.17, 15) is 0 Å². The fourth-order valence-electron chi connectivity index (χ4n) is 2.12. The van der Waals surface area contributed by atoms with E-state index in [-0.39, 0.29) is 0 Å². The molecule has 1 aromatic carbocycles. The first-order valence-electron chi connectivity index (χ1n) is 6.77. The molecule has 0 fully saturated rings. The van der Waals surface area contributed by atoms with Crippen molar-refractivity contribution in [2.24, 2.45) is 7.05 Å². The molecule has 0 aliphatic carbocycles. The Balaban J connectivity index is 1.82. The lowest BCUT2D eigenvalue weighted by atomic mass is 10.2. The van der Waals surface area contributed by atoms with E-state index in [1.165, 1.54) is 0 Å². The normalized spacial score (nSPS) is 10.9. The Labute approximate surface area is 132 Å². The molecule has 0 atom stereocenters. The molecule has 3 rings (SSSR count). The van der Waals surface area contributed by atoms with Gasteiger partial charge < -0.3 is 13.8 Å². The molecule has 0 amide bonds. The fraction of sp³-hybridized carbons (Fsp3) is 0.267. The monoisotopic (exact) mass is 316 g/mol. The zero-order valence-corrected chi connectivity index (χ0v) is 13.4. The molecule has 0 aliphatic heterocycles. The van der Waals surface area contributed by atoms with Crippen molar-refractivity contribution in [3.05, 3.63) is 41.8 Å². The highest BCUT2D eigenvalue weighted by Gasteiger charge is 2.15. The minimum atomic E-state index is 0.665. The molecule has 0 saturated carbocycles. The zero-order chi connectivity index (χ0) is 15.5. The van der Waals surface area contributed by atoms with Gasteiger partial charge in [0.2, 0.25) is 0 Å². The second kappa shape index (κ2) is 6.23. The number of methoxy groups -OCH3 is 1. The third-order valence-electron chi connectivity index (χ3n) is 3.20. The number of hydrogen-bond acceptors (Lipinski definition) is 6. The highest BCUT2D eigenvalue weighted by molar-refractivity contribution is 7.98. The predicted octanol–water partition coefficient (Wildman–Crippen LogP) is 3.08. The van der Waals surface area contributed by atoms with Gasteiger partial charge in [-0.3, -0.25) is 0 Å². The van der Waals surface area contributed by atoms with Gasteiger partial charge in [-0.25, -0.2) is 0 Å². The van der Waals surface area contributed by atoms with Gasteiger partial charge >= 0.3 is 0 Å². The molecule has 0 unspecified atom stereocenters. The molecule has 2 aromatic heterocycles. The molecule has 2 heterocycles. The maximum Gasteiger partial charge on any atom is 0.191 e. The van der Waals surface area contributed by atoms with Crippen LogP contribution in [0.25, 0.3) is 11.4 Å². The second-order valence-corrected chi connectivity index (χ2v) is 5.73. The fourth-order valence-corrected chi connectivity index (χ4v) is 2.91. The van der Waals surface area contributed by atoms with Crippen LogP contribution in [-0.4, -0.2) is 27.0 Å². The molecule has 0 N–H and O–H groups in total. The lowest BCUT2D eigenvalue weighted by Crippen LogP contribution is -1.97. The predicted molar refractivity (Wildman–Crippen MR) is 83.8 cm³/mol. The molecule has 0 saturated heterocycles. The number of ether oxygens (including phenoxy) is 1. The Morgan fingerprint density at radius 2 is 2.09 bits per heavy atom. The summed E-state index contributed by atoms with van der Waals surface area (Å²) in [6, 6.07) is 9.69. The number of aromatic nitrogens is 4. The molecule has 3 aromatic rings. The number of aryl methyl sites for hydroxylation is 1. The van der Waals surface area contributed by atoms with E-state index in [1.807, 2.05) is 48.9 Å². The first-order valence-corrected chi connectivity index (χ1v) is 7.75. The third-order valence-corrected chi connectivity index (χ3v) is 4.25. The van der Waals surface area contributed by atoms with Gasteiger partial charge in [0.15, 0.2) is 11.0 Å². The van der Waals surface area contributed by atoms with Crippen LogP contribution in [-0.2, 0) is 12.8 Å². The average molecular weight is 316 g/mol. The lowest BCUT2D eigenvalue weighted by Gasteiger charge is -2.07. The molecular weight excluding hydrogens is 300 g/mol. The molecule has 22 heavy (non-hydrogen) atoms. The molecule has 0 spiro atoms. The summed E-state index contributed by atoms with van der Waals surface area (Å²) in [5, 5.41) is 13.2. The highest BCUT2D eigenvalue weighted by Crippen LogP contribution is 2.30. The van der Waals surface area contributed by atoms with Gasteiger partial charge in [-0.15, -0.1) is 10.2 Å². The number of benzene rings is 1. The maximum atomic E-state index is 5.38. The van der Waals surface area contributed by atoms with Gasteiger partial charge in [0.25, 0.3) is 0 Å². The molecule has 6 nitrogen and oxygen atoms in total. The van der Waals surface area contributed by atoms with E-state index in [1.54, 1.807) is 18.9 Å². The van der Waals surface area contributed by atoms with Crippen molar-refractivity contribution in [3.63, 3.8) is 0 Å². The Hall–Kier alpha value is -2.28. The van der Waals surface area contributed by atoms with Gasteiger partial charge in [0.1, 0.15) is 11.5 Å². The van der Waals surface area contributed by atoms with E-state index in [2.05, 4.69) is 15.4 Å². The number of hydrogen-bond donors (Lipinski definition) is 0. The molecular formula is C15H16N4O2S. The van der Waals surface area contributed by atoms with E-state index in [0.29, 0.717) is 5.75 Å². The lowest BCUT2D eigenvalue weighted by molar-refractivity contribution is 0.391. The smallest absolute Gasteiger partial charge is 0.191 e. The van der Waals surface area contributed by atoms with Crippen molar-refractivity contribution < 1.29 is 9.26 Å². The van der Waals surface area contributed by atoms with Gasteiger partial charge in [-0.05, 0) is 19.1 Å². The Morgan fingerprint density at radius 1 is 1.27 bits per heavy atom. The topological polar surface area (TPSA) is 66.0 Å². The Morgan fingerprint density at radius 3 is 2.82 bits per heavy atom. The van der Waals surface area contributed by atoms with Crippen molar-refractivity contribution in [2.75, 3.05) is 7.11 Å².